The fraction of sp³-hybridized carbons (Fsp3) is 0.200. The molecule has 0 fully saturated rings. The van der Waals surface area contributed by atoms with E-state index in [1.54, 1.807) is 11.8 Å². The van der Waals surface area contributed by atoms with Crippen molar-refractivity contribution in [3.05, 3.63) is 23.0 Å². The van der Waals surface area contributed by atoms with Crippen molar-refractivity contribution in [1.82, 2.24) is 0 Å². The third-order valence-corrected chi connectivity index (χ3v) is 1.69. The van der Waals surface area contributed by atoms with Gasteiger partial charge in [0.1, 0.15) is 0 Å². The molecule has 1 N–H and O–H groups in total. The number of thioether (sulfide) groups is 1. The highest BCUT2D eigenvalue weighted by Gasteiger charge is 1.94. The molecule has 1 heterocycles. The predicted octanol–water partition coefficient (Wildman–Crippen LogP) is 0.475. The summed E-state index contributed by atoms with van der Waals surface area (Å²) in [7, 11) is 0.178. The molecule has 0 bridgehead atoms. The van der Waals surface area contributed by atoms with Crippen LogP contribution in [0.4, 0.5) is 0 Å². The summed E-state index contributed by atoms with van der Waals surface area (Å²) >= 11 is 1.75. The van der Waals surface area contributed by atoms with Gasteiger partial charge in [-0.1, -0.05) is 17.6 Å². The van der Waals surface area contributed by atoms with Crippen molar-refractivity contribution in [2.75, 3.05) is 5.75 Å². The minimum absolute atomic E-state index is 0.178. The third-order valence-electron chi connectivity index (χ3n) is 1.00. The van der Waals surface area contributed by atoms with E-state index in [2.05, 4.69) is 0 Å². The van der Waals surface area contributed by atoms with Crippen molar-refractivity contribution in [2.24, 2.45) is 0 Å². The van der Waals surface area contributed by atoms with E-state index < -0.39 is 0 Å². The first kappa shape index (κ1) is 5.98. The summed E-state index contributed by atoms with van der Waals surface area (Å²) in [6, 6.07) is 0. The van der Waals surface area contributed by atoms with E-state index in [4.69, 9.17) is 5.02 Å². The van der Waals surface area contributed by atoms with E-state index in [9.17, 15) is 0 Å². The van der Waals surface area contributed by atoms with E-state index in [0.29, 0.717) is 0 Å². The van der Waals surface area contributed by atoms with Gasteiger partial charge in [0.25, 0.3) is 0 Å². The lowest BCUT2D eigenvalue weighted by molar-refractivity contribution is 0.612. The molecule has 0 aromatic rings. The summed E-state index contributed by atoms with van der Waals surface area (Å²) in [5.74, 6) is 1.01. The van der Waals surface area contributed by atoms with Crippen molar-refractivity contribution >= 4 is 19.2 Å². The van der Waals surface area contributed by atoms with Gasteiger partial charge in [0.2, 0.25) is 0 Å². The molecule has 0 atom stereocenters. The van der Waals surface area contributed by atoms with E-state index in [1.807, 2.05) is 17.6 Å². The van der Waals surface area contributed by atoms with Crippen LogP contribution in [0.3, 0.4) is 0 Å². The van der Waals surface area contributed by atoms with Crippen LogP contribution < -0.4 is 0 Å². The lowest BCUT2D eigenvalue weighted by Gasteiger charge is -1.99. The summed E-state index contributed by atoms with van der Waals surface area (Å²) in [5, 5.41) is 10.6. The van der Waals surface area contributed by atoms with Crippen molar-refractivity contribution in [1.29, 1.82) is 0 Å². The maximum Gasteiger partial charge on any atom is 0.304 e. The molecule has 0 aliphatic carbocycles. The molecule has 42 valence electrons. The maximum absolute atomic E-state index is 8.56. The molecule has 3 heteroatoms. The van der Waals surface area contributed by atoms with Crippen LogP contribution >= 0.6 is 11.8 Å². The molecule has 0 saturated heterocycles. The quantitative estimate of drug-likeness (QED) is 0.515. The minimum Gasteiger partial charge on any atom is -0.449 e. The van der Waals surface area contributed by atoms with Gasteiger partial charge >= 0.3 is 7.48 Å². The molecule has 0 aromatic heterocycles. The van der Waals surface area contributed by atoms with Crippen LogP contribution in [0.2, 0.25) is 0 Å². The second-order valence-corrected chi connectivity index (χ2v) is 2.51. The van der Waals surface area contributed by atoms with E-state index in [0.717, 1.165) is 11.2 Å². The standard InChI is InChI=1S/C5H7BOS/c7-6-5-1-3-8-4-2-5/h1-3,6-7H,4H2. The van der Waals surface area contributed by atoms with Crippen molar-refractivity contribution in [3.8, 4) is 0 Å². The van der Waals surface area contributed by atoms with Gasteiger partial charge in [0.15, 0.2) is 0 Å². The zero-order chi connectivity index (χ0) is 5.82. The Labute approximate surface area is 53.8 Å². The third kappa shape index (κ3) is 1.42. The van der Waals surface area contributed by atoms with Gasteiger partial charge in [-0.15, -0.1) is 11.8 Å². The molecule has 0 aromatic carbocycles. The van der Waals surface area contributed by atoms with Gasteiger partial charge in [0.05, 0.1) is 0 Å². The summed E-state index contributed by atoms with van der Waals surface area (Å²) in [4.78, 5) is 0. The zero-order valence-electron chi connectivity index (χ0n) is 4.50. The van der Waals surface area contributed by atoms with Crippen LogP contribution in [0.25, 0.3) is 0 Å². The van der Waals surface area contributed by atoms with Gasteiger partial charge in [0, 0.05) is 5.75 Å². The topological polar surface area (TPSA) is 20.2 Å². The highest BCUT2D eigenvalue weighted by molar-refractivity contribution is 8.02. The summed E-state index contributed by atoms with van der Waals surface area (Å²) < 4.78 is 0. The Morgan fingerprint density at radius 2 is 2.62 bits per heavy atom. The largest absolute Gasteiger partial charge is 0.449 e. The van der Waals surface area contributed by atoms with Gasteiger partial charge in [-0.25, -0.2) is 0 Å². The number of hydrogen-bond donors (Lipinski definition) is 1. The molecule has 0 saturated carbocycles. The van der Waals surface area contributed by atoms with Crippen molar-refractivity contribution < 1.29 is 5.02 Å². The van der Waals surface area contributed by atoms with Gasteiger partial charge < -0.3 is 5.02 Å². The fourth-order valence-electron chi connectivity index (χ4n) is 0.532. The second kappa shape index (κ2) is 3.00. The monoisotopic (exact) mass is 126 g/mol. The Morgan fingerprint density at radius 3 is 3.00 bits per heavy atom. The fourth-order valence-corrected chi connectivity index (χ4v) is 1.22. The molecule has 8 heavy (non-hydrogen) atoms. The lowest BCUT2D eigenvalue weighted by Crippen LogP contribution is -1.93. The summed E-state index contributed by atoms with van der Waals surface area (Å²) in [6.45, 7) is 0. The first-order valence-corrected chi connectivity index (χ1v) is 3.56. The Hall–Kier alpha value is -0.145. The van der Waals surface area contributed by atoms with Gasteiger partial charge in [-0.2, -0.15) is 0 Å². The van der Waals surface area contributed by atoms with Crippen molar-refractivity contribution in [3.63, 3.8) is 0 Å². The lowest BCUT2D eigenvalue weighted by atomic mass is 9.88. The first-order valence-electron chi connectivity index (χ1n) is 2.51. The maximum atomic E-state index is 8.56. The Bertz CT molecular complexity index is 130. The van der Waals surface area contributed by atoms with Crippen LogP contribution in [0, 0.1) is 0 Å². The minimum atomic E-state index is 0.178. The Morgan fingerprint density at radius 1 is 1.75 bits per heavy atom. The molecule has 0 amide bonds. The molecule has 1 aliphatic rings. The molecule has 0 radical (unpaired) electrons. The first-order chi connectivity index (χ1) is 3.93. The van der Waals surface area contributed by atoms with E-state index in [-0.39, 0.29) is 7.48 Å². The molecule has 0 unspecified atom stereocenters. The molecule has 1 nitrogen and oxygen atoms in total. The Balaban J connectivity index is 2.51. The average molecular weight is 126 g/mol. The zero-order valence-corrected chi connectivity index (χ0v) is 5.32. The summed E-state index contributed by atoms with van der Waals surface area (Å²) in [6.07, 6.45) is 3.97. The highest BCUT2D eigenvalue weighted by atomic mass is 32.2. The van der Waals surface area contributed by atoms with Crippen LogP contribution in [0.1, 0.15) is 0 Å². The molecule has 1 aliphatic heterocycles. The van der Waals surface area contributed by atoms with Crippen LogP contribution in [-0.4, -0.2) is 18.3 Å². The number of hydrogen-bond acceptors (Lipinski definition) is 2. The summed E-state index contributed by atoms with van der Waals surface area (Å²) in [5.41, 5.74) is 1.03. The molecular formula is C5H7BOS. The second-order valence-electron chi connectivity index (χ2n) is 1.57. The SMILES string of the molecule is OBC1=CCSC=C1. The molecule has 1 rings (SSSR count). The smallest absolute Gasteiger partial charge is 0.304 e. The van der Waals surface area contributed by atoms with E-state index >= 15 is 0 Å². The average Bonchev–Trinajstić information content (AvgIpc) is 1.90. The molecular weight excluding hydrogens is 119 g/mol. The highest BCUT2D eigenvalue weighted by Crippen LogP contribution is 2.11. The Kier molecular flexibility index (Phi) is 2.24. The predicted molar refractivity (Wildman–Crippen MR) is 39.0 cm³/mol. The number of rotatable bonds is 1. The van der Waals surface area contributed by atoms with Gasteiger partial charge in [-0.3, -0.25) is 0 Å². The van der Waals surface area contributed by atoms with Crippen LogP contribution in [-0.2, 0) is 0 Å². The van der Waals surface area contributed by atoms with Crippen LogP contribution in [0.15, 0.2) is 23.0 Å². The van der Waals surface area contributed by atoms with Gasteiger partial charge in [-0.05, 0) is 5.41 Å². The van der Waals surface area contributed by atoms with Crippen molar-refractivity contribution in [2.45, 2.75) is 0 Å². The normalized spacial score (nSPS) is 17.9. The van der Waals surface area contributed by atoms with E-state index in [1.165, 1.54) is 0 Å². The molecule has 0 spiro atoms. The van der Waals surface area contributed by atoms with Crippen LogP contribution in [0.5, 0.6) is 0 Å². The number of allylic oxidation sites excluding steroid dienone is 2.